The van der Waals surface area contributed by atoms with Crippen molar-refractivity contribution in [1.82, 2.24) is 20.1 Å². The Bertz CT molecular complexity index is 1050. The summed E-state index contributed by atoms with van der Waals surface area (Å²) >= 11 is 0. The minimum atomic E-state index is -0.639. The third-order valence-electron chi connectivity index (χ3n) is 4.27. The highest BCUT2D eigenvalue weighted by molar-refractivity contribution is 5.99. The van der Waals surface area contributed by atoms with Crippen molar-refractivity contribution < 1.29 is 23.9 Å². The Kier molecular flexibility index (Phi) is 7.12. The molecule has 1 N–H and O–H groups in total. The molecule has 0 radical (unpaired) electrons. The van der Waals surface area contributed by atoms with Gasteiger partial charge in [-0.1, -0.05) is 0 Å². The van der Waals surface area contributed by atoms with Crippen LogP contribution in [0.1, 0.15) is 15.9 Å². The molecule has 0 spiro atoms. The number of carbonyl (C=O) groups excluding carboxylic acids is 1. The Morgan fingerprint density at radius 3 is 2.71 bits per heavy atom. The molecule has 1 aromatic carbocycles. The van der Waals surface area contributed by atoms with Gasteiger partial charge >= 0.3 is 0 Å². The smallest absolute Gasteiger partial charge is 0.286 e. The van der Waals surface area contributed by atoms with E-state index in [0.29, 0.717) is 12.4 Å². The van der Waals surface area contributed by atoms with Crippen molar-refractivity contribution in [2.45, 2.75) is 6.54 Å². The fourth-order valence-corrected chi connectivity index (χ4v) is 2.77. The number of methoxy groups -OCH3 is 2. The lowest BCUT2D eigenvalue weighted by Gasteiger charge is -2.13. The molecule has 11 heteroatoms. The van der Waals surface area contributed by atoms with E-state index < -0.39 is 16.5 Å². The van der Waals surface area contributed by atoms with Gasteiger partial charge in [0.1, 0.15) is 12.2 Å². The first-order valence-electron chi connectivity index (χ1n) is 9.24. The molecule has 0 aliphatic carbocycles. The van der Waals surface area contributed by atoms with E-state index in [-0.39, 0.29) is 30.2 Å². The van der Waals surface area contributed by atoms with Crippen LogP contribution in [0.2, 0.25) is 0 Å². The number of benzene rings is 1. The number of pyridine rings is 1. The third-order valence-corrected chi connectivity index (χ3v) is 4.27. The van der Waals surface area contributed by atoms with Crippen molar-refractivity contribution in [1.29, 1.82) is 0 Å². The average molecular weight is 427 g/mol. The number of hydrogen-bond donors (Lipinski definition) is 1. The number of carbonyl (C=O) groups is 1. The topological polar surface area (TPSA) is 131 Å². The molecule has 0 fully saturated rings. The summed E-state index contributed by atoms with van der Waals surface area (Å²) in [6.45, 7) is 0.614. The third kappa shape index (κ3) is 5.34. The number of rotatable bonds is 10. The first-order chi connectivity index (χ1) is 15.0. The minimum absolute atomic E-state index is 0.137. The highest BCUT2D eigenvalue weighted by Crippen LogP contribution is 2.34. The molecule has 0 bridgehead atoms. The molecule has 0 aliphatic heterocycles. The van der Waals surface area contributed by atoms with Crippen LogP contribution < -0.4 is 14.8 Å². The maximum Gasteiger partial charge on any atom is 0.286 e. The van der Waals surface area contributed by atoms with E-state index >= 15 is 0 Å². The first-order valence-corrected chi connectivity index (χ1v) is 9.24. The molecule has 31 heavy (non-hydrogen) atoms. The molecule has 0 atom stereocenters. The number of ether oxygens (including phenoxy) is 3. The Hall–Kier alpha value is -3.99. The van der Waals surface area contributed by atoms with Crippen LogP contribution in [0.25, 0.3) is 5.82 Å². The Balaban J connectivity index is 1.79. The van der Waals surface area contributed by atoms with E-state index in [4.69, 9.17) is 14.2 Å². The quantitative estimate of drug-likeness (QED) is 0.296. The highest BCUT2D eigenvalue weighted by atomic mass is 16.6. The van der Waals surface area contributed by atoms with E-state index in [1.54, 1.807) is 41.5 Å². The fraction of sp³-hybridized carbons (Fsp3) is 0.250. The van der Waals surface area contributed by atoms with Gasteiger partial charge in [0, 0.05) is 38.3 Å². The van der Waals surface area contributed by atoms with Crippen LogP contribution in [0.4, 0.5) is 5.69 Å². The van der Waals surface area contributed by atoms with Gasteiger partial charge in [-0.3, -0.25) is 14.9 Å². The monoisotopic (exact) mass is 427 g/mol. The summed E-state index contributed by atoms with van der Waals surface area (Å²) in [4.78, 5) is 27.9. The van der Waals surface area contributed by atoms with Crippen LogP contribution in [0.15, 0.2) is 48.9 Å². The molecule has 3 rings (SSSR count). The van der Waals surface area contributed by atoms with E-state index in [1.807, 2.05) is 0 Å². The summed E-state index contributed by atoms with van der Waals surface area (Å²) in [7, 11) is 2.90. The molecule has 2 aromatic heterocycles. The summed E-state index contributed by atoms with van der Waals surface area (Å²) in [5.41, 5.74) is 0.225. The molecular formula is C20H21N5O6. The highest BCUT2D eigenvalue weighted by Gasteiger charge is 2.24. The number of nitro benzene ring substituents is 1. The zero-order chi connectivity index (χ0) is 22.2. The fourth-order valence-electron chi connectivity index (χ4n) is 2.77. The van der Waals surface area contributed by atoms with Crippen molar-refractivity contribution in [2.24, 2.45) is 0 Å². The van der Waals surface area contributed by atoms with Crippen molar-refractivity contribution >= 4 is 11.6 Å². The van der Waals surface area contributed by atoms with Crippen LogP contribution >= 0.6 is 0 Å². The summed E-state index contributed by atoms with van der Waals surface area (Å²) in [5.74, 6) is 0.324. The lowest BCUT2D eigenvalue weighted by molar-refractivity contribution is -0.385. The van der Waals surface area contributed by atoms with Crippen LogP contribution in [-0.2, 0) is 11.3 Å². The van der Waals surface area contributed by atoms with Crippen LogP contribution in [-0.4, -0.2) is 53.0 Å². The Labute approximate surface area is 177 Å². The Morgan fingerprint density at radius 2 is 2.03 bits per heavy atom. The molecule has 1 amide bonds. The summed E-state index contributed by atoms with van der Waals surface area (Å²) in [5, 5.41) is 18.3. The van der Waals surface area contributed by atoms with Gasteiger partial charge in [0.15, 0.2) is 17.3 Å². The largest absolute Gasteiger partial charge is 0.493 e. The SMILES string of the molecule is COCCOc1cc([N+](=O)[O-])c(C(=O)NCc2ccnc(-n3cccn3)c2)cc1OC. The van der Waals surface area contributed by atoms with Gasteiger partial charge in [-0.05, 0) is 23.8 Å². The predicted molar refractivity (Wildman–Crippen MR) is 110 cm³/mol. The predicted octanol–water partition coefficient (Wildman–Crippen LogP) is 2.14. The van der Waals surface area contributed by atoms with Gasteiger partial charge in [-0.2, -0.15) is 5.10 Å². The lowest BCUT2D eigenvalue weighted by Crippen LogP contribution is -2.24. The van der Waals surface area contributed by atoms with Crippen LogP contribution in [0.5, 0.6) is 11.5 Å². The van der Waals surface area contributed by atoms with E-state index in [1.165, 1.54) is 26.4 Å². The number of hydrogen-bond acceptors (Lipinski definition) is 8. The normalized spacial score (nSPS) is 10.5. The molecule has 0 aliphatic rings. The maximum atomic E-state index is 12.7. The number of aromatic nitrogens is 3. The zero-order valence-electron chi connectivity index (χ0n) is 17.0. The summed E-state index contributed by atoms with van der Waals surface area (Å²) < 4.78 is 17.2. The number of nitrogens with one attached hydrogen (secondary N) is 1. The molecule has 0 saturated heterocycles. The average Bonchev–Trinajstić information content (AvgIpc) is 3.32. The van der Waals surface area contributed by atoms with E-state index in [0.717, 1.165) is 5.56 Å². The molecule has 0 saturated carbocycles. The van der Waals surface area contributed by atoms with Gasteiger partial charge in [-0.25, -0.2) is 9.67 Å². The summed E-state index contributed by atoms with van der Waals surface area (Å²) in [6.07, 6.45) is 4.97. The number of amides is 1. The van der Waals surface area contributed by atoms with Crippen molar-refractivity contribution in [3.8, 4) is 17.3 Å². The van der Waals surface area contributed by atoms with Gasteiger partial charge in [0.2, 0.25) is 0 Å². The number of nitrogens with zero attached hydrogens (tertiary/aromatic N) is 4. The Morgan fingerprint density at radius 1 is 1.19 bits per heavy atom. The first kappa shape index (κ1) is 21.7. The standard InChI is InChI=1S/C20H21N5O6/c1-29-8-9-31-18-12-16(25(27)28)15(11-17(18)30-2)20(26)22-13-14-4-6-21-19(10-14)24-7-3-5-23-24/h3-7,10-12H,8-9,13H2,1-2H3,(H,22,26). The number of nitro groups is 1. The molecule has 162 valence electrons. The van der Waals surface area contributed by atoms with E-state index in [2.05, 4.69) is 15.4 Å². The summed E-state index contributed by atoms with van der Waals surface area (Å²) in [6, 6.07) is 7.72. The van der Waals surface area contributed by atoms with Gasteiger partial charge in [-0.15, -0.1) is 0 Å². The van der Waals surface area contributed by atoms with Crippen LogP contribution in [0.3, 0.4) is 0 Å². The zero-order valence-corrected chi connectivity index (χ0v) is 17.0. The van der Waals surface area contributed by atoms with E-state index in [9.17, 15) is 14.9 Å². The molecular weight excluding hydrogens is 406 g/mol. The second kappa shape index (κ2) is 10.2. The van der Waals surface area contributed by atoms with Crippen LogP contribution in [0, 0.1) is 10.1 Å². The van der Waals surface area contributed by atoms with Crippen molar-refractivity contribution in [3.63, 3.8) is 0 Å². The molecule has 2 heterocycles. The second-order valence-corrected chi connectivity index (χ2v) is 6.27. The maximum absolute atomic E-state index is 12.7. The minimum Gasteiger partial charge on any atom is -0.493 e. The van der Waals surface area contributed by atoms with Gasteiger partial charge < -0.3 is 19.5 Å². The van der Waals surface area contributed by atoms with Gasteiger partial charge in [0.25, 0.3) is 11.6 Å². The molecule has 3 aromatic rings. The second-order valence-electron chi connectivity index (χ2n) is 6.27. The molecule has 11 nitrogen and oxygen atoms in total. The van der Waals surface area contributed by atoms with Crippen molar-refractivity contribution in [3.05, 3.63) is 70.2 Å². The lowest BCUT2D eigenvalue weighted by atomic mass is 10.1. The van der Waals surface area contributed by atoms with Gasteiger partial charge in [0.05, 0.1) is 24.7 Å². The molecule has 0 unspecified atom stereocenters. The van der Waals surface area contributed by atoms with Crippen molar-refractivity contribution in [2.75, 3.05) is 27.4 Å².